The number of carbonyl (C=O) groups is 5. The van der Waals surface area contributed by atoms with Crippen molar-refractivity contribution in [2.24, 2.45) is 17.3 Å². The number of fused-ring (bicyclic) bond motifs is 6. The fraction of sp³-hybridized carbons (Fsp3) is 0.519. The summed E-state index contributed by atoms with van der Waals surface area (Å²) in [5.41, 5.74) is 9.52. The molecule has 0 saturated carbocycles. The first kappa shape index (κ1) is 51.6. The maximum Gasteiger partial charge on any atom is 0.324 e. The minimum absolute atomic E-state index is 0.0150. The Morgan fingerprint density at radius 2 is 1.81 bits per heavy atom. The average molecular weight is 959 g/mol. The summed E-state index contributed by atoms with van der Waals surface area (Å²) in [5.74, 6) is 2.62. The van der Waals surface area contributed by atoms with Crippen LogP contribution < -0.4 is 10.7 Å². The standard InChI is InChI=1S/C54H70N8O8/c1-11-61-46-18-17-36-28-41(46)42(49(61)40-14-12-21-55-45(40)31-69-10)29-54(5,6)32-70-53(68)43-15-13-22-62(57-43)52(67)44(26-35-24-38(36)27-39(63)25-35)56-50(65)48(33(2)3)59(9)51(66)37-20-23-60(30-37)47(64)19-16-34(4)58(7)8/h12,14,17-18,21,24-25,27-28,33-34,37,43-44,48,57,63H,11,13,15,20,22-23,26,29-32H2,1-10H3,(H,56,65)/t34-,37+,43+,44+,48+/m1/s1. The largest absolute Gasteiger partial charge is 0.508 e. The summed E-state index contributed by atoms with van der Waals surface area (Å²) >= 11 is 0. The summed E-state index contributed by atoms with van der Waals surface area (Å²) in [5, 5.41) is 16.8. The smallest absolute Gasteiger partial charge is 0.324 e. The van der Waals surface area contributed by atoms with Crippen molar-refractivity contribution in [2.45, 2.75) is 111 Å². The maximum absolute atomic E-state index is 14.8. The number of esters is 1. The van der Waals surface area contributed by atoms with Gasteiger partial charge in [-0.05, 0) is 124 Å². The van der Waals surface area contributed by atoms with Crippen LogP contribution in [0.1, 0.15) is 77.6 Å². The van der Waals surface area contributed by atoms with Crippen LogP contribution in [0.3, 0.4) is 0 Å². The van der Waals surface area contributed by atoms with Gasteiger partial charge in [0.25, 0.3) is 11.8 Å². The number of methoxy groups -OCH3 is 1. The first-order valence-electron chi connectivity index (χ1n) is 24.5. The SMILES string of the molecule is CCn1c(-c2cccnc2COC)c2c3cc(ccc31)-c1cc(O)cc(c1)C[C@H](NC(=O)[C@H](C(C)C)N(C)C(=O)[C@H]1CCN(C(=O)C#C[C@@H](C)N(C)C)C1)C(=O)N1CCC[C@H](N1)C(=O)OCC(C)(C)C2. The molecule has 2 fully saturated rings. The number of aromatic nitrogens is 2. The molecule has 5 atom stereocenters. The molecule has 6 bridgehead atoms. The number of cyclic esters (lactones) is 1. The highest BCUT2D eigenvalue weighted by molar-refractivity contribution is 5.97. The van der Waals surface area contributed by atoms with E-state index in [1.807, 2.05) is 58.0 Å². The lowest BCUT2D eigenvalue weighted by Crippen LogP contribution is -2.62. The van der Waals surface area contributed by atoms with Crippen LogP contribution in [-0.2, 0) is 59.4 Å². The molecular formula is C54H70N8O8. The molecule has 2 aromatic heterocycles. The van der Waals surface area contributed by atoms with Crippen LogP contribution >= 0.6 is 0 Å². The lowest BCUT2D eigenvalue weighted by Gasteiger charge is -2.37. The van der Waals surface area contributed by atoms with E-state index in [9.17, 15) is 29.1 Å². The van der Waals surface area contributed by atoms with E-state index in [0.29, 0.717) is 56.5 Å². The summed E-state index contributed by atoms with van der Waals surface area (Å²) < 4.78 is 14.0. The lowest BCUT2D eigenvalue weighted by molar-refractivity contribution is -0.155. The number of hydrogen-bond acceptors (Lipinski definition) is 11. The number of benzene rings is 2. The van der Waals surface area contributed by atoms with Crippen LogP contribution in [0.15, 0.2) is 54.7 Å². The predicted molar refractivity (Wildman–Crippen MR) is 268 cm³/mol. The number of likely N-dealkylation sites (N-methyl/N-ethyl adjacent to an activating group) is 1. The van der Waals surface area contributed by atoms with E-state index in [2.05, 4.69) is 66.1 Å². The number of pyridine rings is 1. The summed E-state index contributed by atoms with van der Waals surface area (Å²) in [7, 11) is 7.00. The predicted octanol–water partition coefficient (Wildman–Crippen LogP) is 5.18. The molecule has 0 radical (unpaired) electrons. The van der Waals surface area contributed by atoms with E-state index in [-0.39, 0.29) is 55.6 Å². The minimum atomic E-state index is -1.18. The van der Waals surface area contributed by atoms with Crippen molar-refractivity contribution in [3.8, 4) is 40.0 Å². The Kier molecular flexibility index (Phi) is 16.0. The zero-order valence-corrected chi connectivity index (χ0v) is 42.4. The first-order valence-corrected chi connectivity index (χ1v) is 24.5. The van der Waals surface area contributed by atoms with Gasteiger partial charge in [-0.2, -0.15) is 0 Å². The third-order valence-electron chi connectivity index (χ3n) is 13.9. The number of aryl methyl sites for hydroxylation is 1. The van der Waals surface area contributed by atoms with Gasteiger partial charge in [-0.1, -0.05) is 45.7 Å². The summed E-state index contributed by atoms with van der Waals surface area (Å²) in [4.78, 5) is 80.1. The monoisotopic (exact) mass is 959 g/mol. The van der Waals surface area contributed by atoms with Crippen molar-refractivity contribution in [1.29, 1.82) is 0 Å². The van der Waals surface area contributed by atoms with E-state index in [4.69, 9.17) is 14.5 Å². The molecule has 4 aromatic rings. The van der Waals surface area contributed by atoms with E-state index >= 15 is 0 Å². The second kappa shape index (κ2) is 21.8. The lowest BCUT2D eigenvalue weighted by atomic mass is 9.84. The second-order valence-corrected chi connectivity index (χ2v) is 20.4. The van der Waals surface area contributed by atoms with Crippen LogP contribution in [0, 0.1) is 29.1 Å². The van der Waals surface area contributed by atoms with Gasteiger partial charge in [-0.3, -0.25) is 38.9 Å². The highest BCUT2D eigenvalue weighted by Gasteiger charge is 2.40. The van der Waals surface area contributed by atoms with Gasteiger partial charge in [-0.15, -0.1) is 0 Å². The number of ether oxygens (including phenoxy) is 2. The second-order valence-electron chi connectivity index (χ2n) is 20.4. The fourth-order valence-electron chi connectivity index (χ4n) is 10.0. The van der Waals surface area contributed by atoms with Crippen LogP contribution in [0.2, 0.25) is 0 Å². The molecule has 3 aliphatic rings. The van der Waals surface area contributed by atoms with Crippen molar-refractivity contribution in [3.63, 3.8) is 0 Å². The highest BCUT2D eigenvalue weighted by atomic mass is 16.5. The number of nitrogens with zero attached hydrogens (tertiary/aromatic N) is 6. The molecule has 374 valence electrons. The van der Waals surface area contributed by atoms with Gasteiger partial charge in [0.1, 0.15) is 23.9 Å². The Morgan fingerprint density at radius 3 is 2.53 bits per heavy atom. The Balaban J connectivity index is 1.25. The molecule has 16 nitrogen and oxygen atoms in total. The molecule has 16 heteroatoms. The molecular weight excluding hydrogens is 889 g/mol. The van der Waals surface area contributed by atoms with Crippen LogP contribution in [0.5, 0.6) is 5.75 Å². The number of hydrogen-bond donors (Lipinski definition) is 3. The summed E-state index contributed by atoms with van der Waals surface area (Å²) in [6.07, 6.45) is 3.65. The van der Waals surface area contributed by atoms with Crippen molar-refractivity contribution in [3.05, 3.63) is 71.5 Å². The van der Waals surface area contributed by atoms with Gasteiger partial charge in [0.15, 0.2) is 0 Å². The summed E-state index contributed by atoms with van der Waals surface area (Å²) in [6, 6.07) is 12.3. The van der Waals surface area contributed by atoms with Crippen molar-refractivity contribution >= 4 is 40.5 Å². The first-order chi connectivity index (χ1) is 33.3. The number of rotatable bonds is 10. The van der Waals surface area contributed by atoms with Gasteiger partial charge in [0, 0.05) is 74.8 Å². The van der Waals surface area contributed by atoms with Crippen LogP contribution in [0.25, 0.3) is 33.3 Å². The Labute approximate surface area is 412 Å². The molecule has 70 heavy (non-hydrogen) atoms. The van der Waals surface area contributed by atoms with Crippen molar-refractivity contribution in [2.75, 3.05) is 54.5 Å². The Hall–Kier alpha value is -6.28. The molecule has 3 aliphatic heterocycles. The van der Waals surface area contributed by atoms with Gasteiger partial charge >= 0.3 is 5.97 Å². The number of amides is 4. The molecule has 0 unspecified atom stereocenters. The quantitative estimate of drug-likeness (QED) is 0.141. The van der Waals surface area contributed by atoms with Gasteiger partial charge in [0.05, 0.1) is 36.6 Å². The highest BCUT2D eigenvalue weighted by Crippen LogP contribution is 2.41. The van der Waals surface area contributed by atoms with Crippen molar-refractivity contribution in [1.82, 2.24) is 40.0 Å². The zero-order valence-electron chi connectivity index (χ0n) is 42.4. The average Bonchev–Trinajstić information content (AvgIpc) is 3.94. The van der Waals surface area contributed by atoms with E-state index in [1.54, 1.807) is 37.4 Å². The molecule has 7 rings (SSSR count). The molecule has 0 spiro atoms. The number of carbonyl (C=O) groups excluding carboxylic acids is 5. The topological polar surface area (TPSA) is 179 Å². The zero-order chi connectivity index (χ0) is 50.6. The molecule has 5 heterocycles. The van der Waals surface area contributed by atoms with Gasteiger partial charge < -0.3 is 34.3 Å². The molecule has 2 aromatic carbocycles. The molecule has 4 amide bonds. The van der Waals surface area contributed by atoms with Crippen LogP contribution in [-0.4, -0.2) is 143 Å². The normalized spacial score (nSPS) is 20.4. The molecule has 2 saturated heterocycles. The number of nitrogens with one attached hydrogen (secondary N) is 2. The maximum atomic E-state index is 14.8. The number of phenolic OH excluding ortho intramolecular Hbond substituents is 1. The third kappa shape index (κ3) is 11.3. The fourth-order valence-corrected chi connectivity index (χ4v) is 10.0. The minimum Gasteiger partial charge on any atom is -0.508 e. The summed E-state index contributed by atoms with van der Waals surface area (Å²) in [6.45, 7) is 13.7. The number of likely N-dealkylation sites (tertiary alicyclic amines) is 1. The number of hydrazine groups is 1. The van der Waals surface area contributed by atoms with Crippen molar-refractivity contribution < 1.29 is 38.6 Å². The molecule has 3 N–H and O–H groups in total. The third-order valence-corrected chi connectivity index (χ3v) is 13.9. The van der Waals surface area contributed by atoms with E-state index in [0.717, 1.165) is 39.0 Å². The number of phenols is 1. The van der Waals surface area contributed by atoms with E-state index < -0.39 is 47.2 Å². The Morgan fingerprint density at radius 1 is 1.04 bits per heavy atom. The van der Waals surface area contributed by atoms with E-state index in [1.165, 1.54) is 9.91 Å². The van der Waals surface area contributed by atoms with Crippen LogP contribution in [0.4, 0.5) is 0 Å². The van der Waals surface area contributed by atoms with Gasteiger partial charge in [0.2, 0.25) is 11.8 Å². The Bertz CT molecular complexity index is 2680. The molecule has 0 aliphatic carbocycles. The van der Waals surface area contributed by atoms with Gasteiger partial charge in [-0.25, -0.2) is 5.43 Å². The number of aromatic hydroxyl groups is 1.